The standard InChI is InChI=1S/C23H36O2/c1-4-23(8-6-5-7-9-23)25-22(24)19-11-15-10-18(19)21-17-12-16(20(15)21)13(2)14(17)3/h13-21H,4-12H2,1-3H3. The first-order valence-electron chi connectivity index (χ1n) is 11.3. The van der Waals surface area contributed by atoms with Gasteiger partial charge < -0.3 is 4.74 Å². The normalized spacial score (nSPS) is 52.4. The lowest BCUT2D eigenvalue weighted by molar-refractivity contribution is -0.173. The van der Waals surface area contributed by atoms with Crippen LogP contribution in [0.2, 0.25) is 0 Å². The van der Waals surface area contributed by atoms with Crippen molar-refractivity contribution < 1.29 is 9.53 Å². The van der Waals surface area contributed by atoms with E-state index in [-0.39, 0.29) is 17.5 Å². The Kier molecular flexibility index (Phi) is 3.81. The maximum atomic E-state index is 13.2. The largest absolute Gasteiger partial charge is 0.459 e. The Hall–Kier alpha value is -0.530. The van der Waals surface area contributed by atoms with E-state index in [9.17, 15) is 4.79 Å². The van der Waals surface area contributed by atoms with Crippen LogP contribution in [0.15, 0.2) is 0 Å². The van der Waals surface area contributed by atoms with Crippen molar-refractivity contribution in [3.8, 4) is 0 Å². The summed E-state index contributed by atoms with van der Waals surface area (Å²) in [6, 6.07) is 0. The number of ether oxygens (including phenoxy) is 1. The molecular weight excluding hydrogens is 308 g/mol. The topological polar surface area (TPSA) is 26.3 Å². The van der Waals surface area contributed by atoms with Crippen molar-refractivity contribution in [1.82, 2.24) is 0 Å². The third-order valence-electron chi connectivity index (χ3n) is 9.87. The fraction of sp³-hybridized carbons (Fsp3) is 0.957. The zero-order valence-electron chi connectivity index (χ0n) is 16.4. The maximum absolute atomic E-state index is 13.2. The van der Waals surface area contributed by atoms with Crippen LogP contribution in [-0.2, 0) is 9.53 Å². The van der Waals surface area contributed by atoms with Gasteiger partial charge >= 0.3 is 5.97 Å². The first kappa shape index (κ1) is 16.6. The van der Waals surface area contributed by atoms with E-state index in [0.29, 0.717) is 5.92 Å². The highest BCUT2D eigenvalue weighted by Crippen LogP contribution is 2.71. The first-order valence-corrected chi connectivity index (χ1v) is 11.3. The molecule has 5 fully saturated rings. The Morgan fingerprint density at radius 1 is 0.920 bits per heavy atom. The van der Waals surface area contributed by atoms with Crippen LogP contribution in [0, 0.1) is 53.3 Å². The molecule has 9 unspecified atom stereocenters. The number of carbonyl (C=O) groups is 1. The van der Waals surface area contributed by atoms with Crippen molar-refractivity contribution in [2.45, 2.75) is 84.2 Å². The van der Waals surface area contributed by atoms with Gasteiger partial charge in [-0.1, -0.05) is 27.2 Å². The molecule has 0 saturated heterocycles. The molecule has 0 radical (unpaired) electrons. The molecule has 0 N–H and O–H groups in total. The van der Waals surface area contributed by atoms with Crippen LogP contribution < -0.4 is 0 Å². The zero-order valence-corrected chi connectivity index (χ0v) is 16.4. The van der Waals surface area contributed by atoms with Crippen molar-refractivity contribution in [3.63, 3.8) is 0 Å². The fourth-order valence-corrected chi connectivity index (χ4v) is 8.51. The third-order valence-corrected chi connectivity index (χ3v) is 9.87. The number of rotatable bonds is 3. The minimum absolute atomic E-state index is 0.118. The average Bonchev–Trinajstić information content (AvgIpc) is 3.35. The van der Waals surface area contributed by atoms with E-state index >= 15 is 0 Å². The summed E-state index contributed by atoms with van der Waals surface area (Å²) in [6.45, 7) is 7.20. The molecule has 140 valence electrons. The molecular formula is C23H36O2. The van der Waals surface area contributed by atoms with Gasteiger partial charge in [0.15, 0.2) is 0 Å². The van der Waals surface area contributed by atoms with Crippen molar-refractivity contribution in [2.75, 3.05) is 0 Å². The molecule has 9 atom stereocenters. The predicted molar refractivity (Wildman–Crippen MR) is 98.8 cm³/mol. The minimum atomic E-state index is -0.118. The number of carbonyl (C=O) groups excluding carboxylic acids is 1. The van der Waals surface area contributed by atoms with E-state index in [2.05, 4.69) is 20.8 Å². The second kappa shape index (κ2) is 5.73. The second-order valence-electron chi connectivity index (χ2n) is 10.5. The number of hydrogen-bond acceptors (Lipinski definition) is 2. The molecule has 0 heterocycles. The molecule has 0 amide bonds. The van der Waals surface area contributed by atoms with Crippen molar-refractivity contribution in [2.24, 2.45) is 53.3 Å². The van der Waals surface area contributed by atoms with Crippen molar-refractivity contribution in [3.05, 3.63) is 0 Å². The van der Waals surface area contributed by atoms with Gasteiger partial charge in [-0.05, 0) is 98.7 Å². The molecule has 2 nitrogen and oxygen atoms in total. The third kappa shape index (κ3) is 2.24. The molecule has 0 aromatic carbocycles. The molecule has 5 saturated carbocycles. The average molecular weight is 345 g/mol. The van der Waals surface area contributed by atoms with Crippen LogP contribution in [0.5, 0.6) is 0 Å². The SMILES string of the molecule is CCC1(OC(=O)C2CC3CC2C2C4CC(C(C)C4C)C32)CCCCC1. The van der Waals surface area contributed by atoms with E-state index < -0.39 is 0 Å². The van der Waals surface area contributed by atoms with Crippen LogP contribution >= 0.6 is 0 Å². The fourth-order valence-electron chi connectivity index (χ4n) is 8.51. The summed E-state index contributed by atoms with van der Waals surface area (Å²) < 4.78 is 6.30. The number of fused-ring (bicyclic) bond motifs is 9. The molecule has 5 aliphatic rings. The smallest absolute Gasteiger partial charge is 0.309 e. The van der Waals surface area contributed by atoms with Crippen LogP contribution in [-0.4, -0.2) is 11.6 Å². The van der Waals surface area contributed by atoms with Crippen molar-refractivity contribution >= 4 is 5.97 Å². The highest BCUT2D eigenvalue weighted by atomic mass is 16.6. The predicted octanol–water partition coefficient (Wildman–Crippen LogP) is 5.45. The van der Waals surface area contributed by atoms with Crippen LogP contribution in [0.3, 0.4) is 0 Å². The Labute approximate surface area is 153 Å². The van der Waals surface area contributed by atoms with Gasteiger partial charge in [-0.2, -0.15) is 0 Å². The van der Waals surface area contributed by atoms with Crippen LogP contribution in [0.25, 0.3) is 0 Å². The van der Waals surface area contributed by atoms with Gasteiger partial charge in [0, 0.05) is 0 Å². The van der Waals surface area contributed by atoms with Crippen LogP contribution in [0.1, 0.15) is 78.6 Å². The van der Waals surface area contributed by atoms with Gasteiger partial charge in [-0.15, -0.1) is 0 Å². The molecule has 5 rings (SSSR count). The summed E-state index contributed by atoms with van der Waals surface area (Å²) in [5, 5.41) is 0. The Morgan fingerprint density at radius 2 is 1.60 bits per heavy atom. The molecule has 25 heavy (non-hydrogen) atoms. The van der Waals surface area contributed by atoms with Gasteiger partial charge in [0.1, 0.15) is 5.60 Å². The summed E-state index contributed by atoms with van der Waals surface area (Å²) in [5.41, 5.74) is -0.118. The summed E-state index contributed by atoms with van der Waals surface area (Å²) >= 11 is 0. The summed E-state index contributed by atoms with van der Waals surface area (Å²) in [6.07, 6.45) is 10.9. The lowest BCUT2D eigenvalue weighted by atomic mass is 9.62. The maximum Gasteiger partial charge on any atom is 0.309 e. The van der Waals surface area contributed by atoms with Gasteiger partial charge in [0.25, 0.3) is 0 Å². The first-order chi connectivity index (χ1) is 12.0. The number of hydrogen-bond donors (Lipinski definition) is 0. The zero-order chi connectivity index (χ0) is 17.3. The molecule has 0 aromatic rings. The minimum Gasteiger partial charge on any atom is -0.459 e. The van der Waals surface area contributed by atoms with Gasteiger partial charge in [0.2, 0.25) is 0 Å². The Bertz CT molecular complexity index is 548. The van der Waals surface area contributed by atoms with E-state index in [1.165, 1.54) is 32.1 Å². The monoisotopic (exact) mass is 344 g/mol. The lowest BCUT2D eigenvalue weighted by Crippen LogP contribution is -2.44. The van der Waals surface area contributed by atoms with Gasteiger partial charge in [-0.25, -0.2) is 0 Å². The van der Waals surface area contributed by atoms with Gasteiger partial charge in [-0.3, -0.25) is 4.79 Å². The molecule has 5 aliphatic carbocycles. The van der Waals surface area contributed by atoms with Crippen molar-refractivity contribution in [1.29, 1.82) is 0 Å². The van der Waals surface area contributed by atoms with Crippen LogP contribution in [0.4, 0.5) is 0 Å². The van der Waals surface area contributed by atoms with Gasteiger partial charge in [0.05, 0.1) is 5.92 Å². The molecule has 0 spiro atoms. The highest BCUT2D eigenvalue weighted by molar-refractivity contribution is 5.74. The quantitative estimate of drug-likeness (QED) is 0.502. The van der Waals surface area contributed by atoms with E-state index in [0.717, 1.165) is 67.1 Å². The Morgan fingerprint density at radius 3 is 2.28 bits per heavy atom. The van der Waals surface area contributed by atoms with E-state index in [4.69, 9.17) is 4.74 Å². The second-order valence-corrected chi connectivity index (χ2v) is 10.5. The lowest BCUT2D eigenvalue weighted by Gasteiger charge is -2.44. The van der Waals surface area contributed by atoms with E-state index in [1.807, 2.05) is 0 Å². The molecule has 0 aromatic heterocycles. The molecule has 0 aliphatic heterocycles. The molecule has 4 bridgehead atoms. The molecule has 2 heteroatoms. The summed E-state index contributed by atoms with van der Waals surface area (Å²) in [4.78, 5) is 13.2. The summed E-state index contributed by atoms with van der Waals surface area (Å²) in [5.74, 6) is 7.41. The van der Waals surface area contributed by atoms with E-state index in [1.54, 1.807) is 0 Å². The number of esters is 1. The highest BCUT2D eigenvalue weighted by Gasteiger charge is 2.67. The Balaban J connectivity index is 1.32. The summed E-state index contributed by atoms with van der Waals surface area (Å²) in [7, 11) is 0.